The molecule has 1 aromatic carbocycles. The van der Waals surface area contributed by atoms with Gasteiger partial charge in [-0.05, 0) is 37.4 Å². The van der Waals surface area contributed by atoms with Crippen molar-refractivity contribution in [2.24, 2.45) is 0 Å². The van der Waals surface area contributed by atoms with Crippen molar-refractivity contribution in [1.29, 1.82) is 0 Å². The van der Waals surface area contributed by atoms with Crippen molar-refractivity contribution < 1.29 is 19.2 Å². The van der Waals surface area contributed by atoms with E-state index in [2.05, 4.69) is 20.9 Å². The minimum Gasteiger partial charge on any atom is -0.357 e. The number of amides is 4. The van der Waals surface area contributed by atoms with E-state index >= 15 is 0 Å². The number of carbonyl (C=O) groups is 4. The lowest BCUT2D eigenvalue weighted by Crippen LogP contribution is -2.54. The Hall–Kier alpha value is -3.11. The van der Waals surface area contributed by atoms with Gasteiger partial charge in [0.25, 0.3) is 11.8 Å². The number of thiazole rings is 1. The summed E-state index contributed by atoms with van der Waals surface area (Å²) < 4.78 is 0. The van der Waals surface area contributed by atoms with Crippen molar-refractivity contribution in [3.8, 4) is 0 Å². The van der Waals surface area contributed by atoms with Crippen LogP contribution in [-0.4, -0.2) is 46.1 Å². The number of nitrogens with zero attached hydrogens (tertiary/aromatic N) is 2. The Balaban J connectivity index is 1.34. The Labute approximate surface area is 182 Å². The zero-order chi connectivity index (χ0) is 21.5. The molecular weight excluding hydrogens is 418 g/mol. The third-order valence-electron chi connectivity index (χ3n) is 5.91. The lowest BCUT2D eigenvalue weighted by Gasteiger charge is -2.27. The summed E-state index contributed by atoms with van der Waals surface area (Å²) in [6.07, 6.45) is 4.36. The SMILES string of the molecule is O=C1CCC(N2C(=O)c3cccc(CNc4ncc(C5CCCN5)s4)c3C2=O)C(=O)N1. The van der Waals surface area contributed by atoms with Gasteiger partial charge < -0.3 is 10.6 Å². The van der Waals surface area contributed by atoms with E-state index in [4.69, 9.17) is 0 Å². The molecule has 2 fully saturated rings. The van der Waals surface area contributed by atoms with E-state index in [-0.39, 0.29) is 18.4 Å². The van der Waals surface area contributed by atoms with Crippen molar-refractivity contribution in [2.75, 3.05) is 11.9 Å². The third kappa shape index (κ3) is 3.51. The maximum absolute atomic E-state index is 13.1. The van der Waals surface area contributed by atoms with Crippen molar-refractivity contribution in [3.05, 3.63) is 46.0 Å². The summed E-state index contributed by atoms with van der Waals surface area (Å²) in [5.74, 6) is -2.00. The summed E-state index contributed by atoms with van der Waals surface area (Å²) in [5, 5.41) is 9.66. The molecule has 3 aliphatic rings. The summed E-state index contributed by atoms with van der Waals surface area (Å²) >= 11 is 1.58. The average molecular weight is 439 g/mol. The van der Waals surface area contributed by atoms with Gasteiger partial charge in [0.15, 0.2) is 5.13 Å². The molecule has 0 aliphatic carbocycles. The van der Waals surface area contributed by atoms with Gasteiger partial charge in [0.05, 0.1) is 11.1 Å². The van der Waals surface area contributed by atoms with Gasteiger partial charge in [0, 0.05) is 30.1 Å². The Bertz CT molecular complexity index is 1090. The Morgan fingerprint density at radius 2 is 2.03 bits per heavy atom. The fraction of sp³-hybridized carbons (Fsp3) is 0.381. The van der Waals surface area contributed by atoms with E-state index in [1.165, 1.54) is 4.88 Å². The third-order valence-corrected chi connectivity index (χ3v) is 6.98. The lowest BCUT2D eigenvalue weighted by molar-refractivity contribution is -0.136. The van der Waals surface area contributed by atoms with Gasteiger partial charge in [-0.2, -0.15) is 0 Å². The number of rotatable bonds is 5. The molecule has 10 heteroatoms. The predicted octanol–water partition coefficient (Wildman–Crippen LogP) is 1.58. The molecule has 9 nitrogen and oxygen atoms in total. The van der Waals surface area contributed by atoms with Gasteiger partial charge in [-0.3, -0.25) is 29.4 Å². The summed E-state index contributed by atoms with van der Waals surface area (Å²) in [4.78, 5) is 56.3. The normalized spacial score (nSPS) is 23.3. The highest BCUT2D eigenvalue weighted by atomic mass is 32.1. The van der Waals surface area contributed by atoms with Crippen LogP contribution in [0.25, 0.3) is 0 Å². The maximum Gasteiger partial charge on any atom is 0.262 e. The Morgan fingerprint density at radius 3 is 2.81 bits per heavy atom. The van der Waals surface area contributed by atoms with E-state index in [0.717, 1.165) is 29.4 Å². The Kier molecular flexibility index (Phi) is 5.03. The van der Waals surface area contributed by atoms with Crippen LogP contribution >= 0.6 is 11.3 Å². The van der Waals surface area contributed by atoms with Crippen LogP contribution in [0.15, 0.2) is 24.4 Å². The second kappa shape index (κ2) is 7.86. The van der Waals surface area contributed by atoms with Gasteiger partial charge >= 0.3 is 0 Å². The molecule has 2 aromatic rings. The van der Waals surface area contributed by atoms with Gasteiger partial charge in [0.2, 0.25) is 11.8 Å². The number of nitrogens with one attached hydrogen (secondary N) is 3. The van der Waals surface area contributed by atoms with E-state index < -0.39 is 29.7 Å². The first kappa shape index (κ1) is 19.8. The first-order chi connectivity index (χ1) is 15.0. The molecule has 2 atom stereocenters. The number of hydrogen-bond acceptors (Lipinski definition) is 8. The highest BCUT2D eigenvalue weighted by molar-refractivity contribution is 7.15. The number of hydrogen-bond donors (Lipinski definition) is 3. The molecule has 2 unspecified atom stereocenters. The van der Waals surface area contributed by atoms with Crippen LogP contribution in [0.5, 0.6) is 0 Å². The molecule has 2 saturated heterocycles. The number of fused-ring (bicyclic) bond motifs is 1. The molecule has 0 saturated carbocycles. The zero-order valence-corrected chi connectivity index (χ0v) is 17.5. The van der Waals surface area contributed by atoms with Crippen LogP contribution in [0.1, 0.15) is 62.9 Å². The van der Waals surface area contributed by atoms with E-state index in [9.17, 15) is 19.2 Å². The van der Waals surface area contributed by atoms with E-state index in [1.54, 1.807) is 29.5 Å². The second-order valence-electron chi connectivity index (χ2n) is 7.86. The topological polar surface area (TPSA) is 120 Å². The highest BCUT2D eigenvalue weighted by Gasteiger charge is 2.45. The van der Waals surface area contributed by atoms with Crippen molar-refractivity contribution >= 4 is 40.1 Å². The fourth-order valence-corrected chi connectivity index (χ4v) is 5.28. The zero-order valence-electron chi connectivity index (χ0n) is 16.6. The minimum atomic E-state index is -0.966. The molecule has 160 valence electrons. The summed E-state index contributed by atoms with van der Waals surface area (Å²) in [6.45, 7) is 1.34. The summed E-state index contributed by atoms with van der Waals surface area (Å²) in [5.41, 5.74) is 1.25. The van der Waals surface area contributed by atoms with Crippen molar-refractivity contribution in [2.45, 2.75) is 44.3 Å². The first-order valence-electron chi connectivity index (χ1n) is 10.3. The van der Waals surface area contributed by atoms with Crippen LogP contribution in [0.3, 0.4) is 0 Å². The molecule has 0 bridgehead atoms. The largest absolute Gasteiger partial charge is 0.357 e. The lowest BCUT2D eigenvalue weighted by atomic mass is 10.0. The van der Waals surface area contributed by atoms with E-state index in [0.29, 0.717) is 23.7 Å². The standard InChI is InChI=1S/C21H21N5O4S/c27-16-7-6-14(18(28)25-16)26-19(29)12-4-1-3-11(17(12)20(26)30)9-23-21-24-10-15(31-21)13-5-2-8-22-13/h1,3-4,10,13-14,22H,2,5-9H2,(H,23,24)(H,25,27,28). The van der Waals surface area contributed by atoms with Crippen LogP contribution in [0.4, 0.5) is 5.13 Å². The molecule has 5 rings (SSSR count). The van der Waals surface area contributed by atoms with E-state index in [1.807, 2.05) is 6.20 Å². The molecule has 0 spiro atoms. The first-order valence-corrected chi connectivity index (χ1v) is 11.1. The number of carbonyl (C=O) groups excluding carboxylic acids is 4. The molecule has 3 N–H and O–H groups in total. The molecular formula is C21H21N5O4S. The second-order valence-corrected chi connectivity index (χ2v) is 8.92. The summed E-state index contributed by atoms with van der Waals surface area (Å²) in [7, 11) is 0. The molecule has 1 aromatic heterocycles. The monoisotopic (exact) mass is 439 g/mol. The molecule has 0 radical (unpaired) electrons. The van der Waals surface area contributed by atoms with Gasteiger partial charge in [-0.1, -0.05) is 12.1 Å². The van der Waals surface area contributed by atoms with Crippen molar-refractivity contribution in [1.82, 2.24) is 20.5 Å². The van der Waals surface area contributed by atoms with Crippen LogP contribution in [0, 0.1) is 0 Å². The number of imide groups is 2. The summed E-state index contributed by atoms with van der Waals surface area (Å²) in [6, 6.07) is 4.49. The molecule has 4 heterocycles. The van der Waals surface area contributed by atoms with Crippen LogP contribution in [0.2, 0.25) is 0 Å². The number of anilines is 1. The maximum atomic E-state index is 13.1. The smallest absolute Gasteiger partial charge is 0.262 e. The molecule has 31 heavy (non-hydrogen) atoms. The van der Waals surface area contributed by atoms with Gasteiger partial charge in [-0.15, -0.1) is 11.3 Å². The van der Waals surface area contributed by atoms with Gasteiger partial charge in [-0.25, -0.2) is 4.98 Å². The highest BCUT2D eigenvalue weighted by Crippen LogP contribution is 2.32. The van der Waals surface area contributed by atoms with Crippen LogP contribution in [-0.2, 0) is 16.1 Å². The fourth-order valence-electron chi connectivity index (χ4n) is 4.36. The predicted molar refractivity (Wildman–Crippen MR) is 113 cm³/mol. The molecule has 3 aliphatic heterocycles. The number of benzene rings is 1. The number of piperidine rings is 1. The molecule has 4 amide bonds. The van der Waals surface area contributed by atoms with Gasteiger partial charge in [0.1, 0.15) is 6.04 Å². The minimum absolute atomic E-state index is 0.0977. The van der Waals surface area contributed by atoms with Crippen LogP contribution < -0.4 is 16.0 Å². The quantitative estimate of drug-likeness (QED) is 0.605. The number of aromatic nitrogens is 1. The van der Waals surface area contributed by atoms with Crippen molar-refractivity contribution in [3.63, 3.8) is 0 Å². The Morgan fingerprint density at radius 1 is 1.16 bits per heavy atom. The average Bonchev–Trinajstić information content (AvgIpc) is 3.49.